The molecular formula is C17H23O5. The molecule has 121 valence electrons. The Morgan fingerprint density at radius 1 is 1.18 bits per heavy atom. The second-order valence-corrected chi connectivity index (χ2v) is 5.10. The third-order valence-corrected chi connectivity index (χ3v) is 3.33. The van der Waals surface area contributed by atoms with Gasteiger partial charge in [0.1, 0.15) is 0 Å². The van der Waals surface area contributed by atoms with E-state index in [1.54, 1.807) is 12.2 Å². The summed E-state index contributed by atoms with van der Waals surface area (Å²) in [5, 5.41) is 9.27. The molecule has 0 aromatic rings. The highest BCUT2D eigenvalue weighted by molar-refractivity contribution is 5.81. The summed E-state index contributed by atoms with van der Waals surface area (Å²) in [5.41, 5.74) is 0. The second-order valence-electron chi connectivity index (χ2n) is 5.10. The van der Waals surface area contributed by atoms with E-state index in [0.717, 1.165) is 12.5 Å². The fourth-order valence-electron chi connectivity index (χ4n) is 1.83. The van der Waals surface area contributed by atoms with Gasteiger partial charge in [0.05, 0.1) is 25.7 Å². The Morgan fingerprint density at radius 3 is 2.32 bits per heavy atom. The van der Waals surface area contributed by atoms with Gasteiger partial charge in [0.25, 0.3) is 0 Å². The van der Waals surface area contributed by atoms with Crippen molar-refractivity contribution in [2.24, 2.45) is 11.8 Å². The number of aliphatic hydroxyl groups excluding tert-OH is 1. The number of carbonyl (C=O) groups excluding carboxylic acids is 2. The van der Waals surface area contributed by atoms with Gasteiger partial charge in [-0.3, -0.25) is 4.79 Å². The van der Waals surface area contributed by atoms with Crippen LogP contribution in [0.3, 0.4) is 0 Å². The molecule has 0 bridgehead atoms. The van der Waals surface area contributed by atoms with Crippen molar-refractivity contribution in [2.75, 3.05) is 13.2 Å². The Kier molecular flexibility index (Phi) is 8.22. The summed E-state index contributed by atoms with van der Waals surface area (Å²) in [4.78, 5) is 22.7. The number of hydrogen-bond acceptors (Lipinski definition) is 5. The molecule has 5 nitrogen and oxygen atoms in total. The number of aliphatic hydroxyl groups is 1. The maximum absolute atomic E-state index is 11.7. The molecule has 0 amide bonds. The predicted molar refractivity (Wildman–Crippen MR) is 82.6 cm³/mol. The number of rotatable bonds is 9. The summed E-state index contributed by atoms with van der Waals surface area (Å²) in [5.74, 6) is -0.784. The van der Waals surface area contributed by atoms with Crippen molar-refractivity contribution in [3.05, 3.63) is 43.4 Å². The van der Waals surface area contributed by atoms with Crippen molar-refractivity contribution < 1.29 is 24.2 Å². The Morgan fingerprint density at radius 2 is 1.77 bits per heavy atom. The summed E-state index contributed by atoms with van der Waals surface area (Å²) < 4.78 is 10.1. The average Bonchev–Trinajstić information content (AvgIpc) is 2.54. The first-order valence-corrected chi connectivity index (χ1v) is 7.39. The van der Waals surface area contributed by atoms with E-state index in [9.17, 15) is 14.7 Å². The molecule has 0 spiro atoms. The largest absolute Gasteiger partial charge is 0.465 e. The van der Waals surface area contributed by atoms with Crippen LogP contribution in [0.4, 0.5) is 0 Å². The van der Waals surface area contributed by atoms with Crippen LogP contribution in [0.1, 0.15) is 19.8 Å². The van der Waals surface area contributed by atoms with E-state index in [2.05, 4.69) is 6.58 Å². The molecule has 0 heterocycles. The molecule has 1 N–H and O–H groups in total. The van der Waals surface area contributed by atoms with Crippen LogP contribution >= 0.6 is 0 Å². The minimum atomic E-state index is -0.535. The Hall–Kier alpha value is -1.88. The zero-order valence-electron chi connectivity index (χ0n) is 12.8. The van der Waals surface area contributed by atoms with Crippen molar-refractivity contribution in [3.63, 3.8) is 0 Å². The lowest BCUT2D eigenvalue weighted by atomic mass is 9.97. The predicted octanol–water partition coefficient (Wildman–Crippen LogP) is 1.98. The van der Waals surface area contributed by atoms with Crippen LogP contribution in [-0.2, 0) is 19.1 Å². The zero-order valence-corrected chi connectivity index (χ0v) is 12.8. The molecule has 1 aliphatic carbocycles. The molecule has 0 aromatic heterocycles. The molecule has 0 saturated heterocycles. The van der Waals surface area contributed by atoms with E-state index < -0.39 is 12.1 Å². The fourth-order valence-corrected chi connectivity index (χ4v) is 1.83. The lowest BCUT2D eigenvalue weighted by Gasteiger charge is -2.16. The number of allylic oxidation sites excluding steroid dienone is 2. The highest BCUT2D eigenvalue weighted by Gasteiger charge is 2.14. The van der Waals surface area contributed by atoms with E-state index in [1.807, 2.05) is 19.1 Å². The van der Waals surface area contributed by atoms with Gasteiger partial charge in [-0.1, -0.05) is 37.8 Å². The van der Waals surface area contributed by atoms with Gasteiger partial charge in [-0.2, -0.15) is 0 Å². The van der Waals surface area contributed by atoms with Crippen LogP contribution in [-0.4, -0.2) is 36.4 Å². The van der Waals surface area contributed by atoms with Crippen molar-refractivity contribution in [3.8, 4) is 0 Å². The molecule has 1 aliphatic rings. The van der Waals surface area contributed by atoms with Crippen LogP contribution in [0, 0.1) is 18.3 Å². The van der Waals surface area contributed by atoms with Crippen LogP contribution < -0.4 is 0 Å². The first-order valence-electron chi connectivity index (χ1n) is 7.39. The first kappa shape index (κ1) is 18.2. The number of carbonyl (C=O) groups is 2. The molecule has 0 aliphatic heterocycles. The highest BCUT2D eigenvalue weighted by Crippen LogP contribution is 2.15. The van der Waals surface area contributed by atoms with Crippen LogP contribution in [0.5, 0.6) is 0 Å². The fraction of sp³-hybridized carbons (Fsp3) is 0.471. The molecule has 0 aromatic carbocycles. The van der Waals surface area contributed by atoms with Crippen molar-refractivity contribution >= 4 is 11.9 Å². The lowest BCUT2D eigenvalue weighted by Crippen LogP contribution is -2.20. The summed E-state index contributed by atoms with van der Waals surface area (Å²) in [6.45, 7) is 5.68. The second kappa shape index (κ2) is 9.95. The van der Waals surface area contributed by atoms with Gasteiger partial charge in [-0.15, -0.1) is 0 Å². The smallest absolute Gasteiger partial charge is 0.330 e. The SMILES string of the molecule is C=CC(=O)OCC(CC)COC(=O)[CH]CC1C=CC(O)C=C1. The average molecular weight is 307 g/mol. The van der Waals surface area contributed by atoms with Crippen molar-refractivity contribution in [2.45, 2.75) is 25.9 Å². The third kappa shape index (κ3) is 7.22. The van der Waals surface area contributed by atoms with Gasteiger partial charge in [0.2, 0.25) is 0 Å². The molecule has 1 rings (SSSR count). The summed E-state index contributed by atoms with van der Waals surface area (Å²) >= 11 is 0. The molecule has 1 unspecified atom stereocenters. The van der Waals surface area contributed by atoms with Crippen LogP contribution in [0.25, 0.3) is 0 Å². The summed E-state index contributed by atoms with van der Waals surface area (Å²) in [7, 11) is 0. The molecule has 5 heteroatoms. The van der Waals surface area contributed by atoms with Gasteiger partial charge < -0.3 is 14.6 Å². The Bertz CT molecular complexity index is 424. The summed E-state index contributed by atoms with van der Waals surface area (Å²) in [6, 6.07) is 0. The maximum Gasteiger partial charge on any atom is 0.330 e. The monoisotopic (exact) mass is 307 g/mol. The lowest BCUT2D eigenvalue weighted by molar-refractivity contribution is -0.144. The zero-order chi connectivity index (χ0) is 16.4. The van der Waals surface area contributed by atoms with Gasteiger partial charge in [-0.05, 0) is 18.8 Å². The molecule has 22 heavy (non-hydrogen) atoms. The quantitative estimate of drug-likeness (QED) is 0.400. The number of esters is 2. The van der Waals surface area contributed by atoms with Gasteiger partial charge in [-0.25, -0.2) is 4.79 Å². The van der Waals surface area contributed by atoms with Gasteiger partial charge in [0.15, 0.2) is 0 Å². The Balaban J connectivity index is 2.21. The van der Waals surface area contributed by atoms with Crippen molar-refractivity contribution in [1.29, 1.82) is 0 Å². The molecule has 1 radical (unpaired) electrons. The number of ether oxygens (including phenoxy) is 2. The van der Waals surface area contributed by atoms with E-state index in [0.29, 0.717) is 6.42 Å². The van der Waals surface area contributed by atoms with E-state index >= 15 is 0 Å². The summed E-state index contributed by atoms with van der Waals surface area (Å²) in [6.07, 6.45) is 10.4. The molecule has 0 saturated carbocycles. The first-order chi connectivity index (χ1) is 10.5. The highest BCUT2D eigenvalue weighted by atomic mass is 16.5. The molecule has 1 atom stereocenters. The minimum Gasteiger partial charge on any atom is -0.465 e. The third-order valence-electron chi connectivity index (χ3n) is 3.33. The Labute approximate surface area is 131 Å². The van der Waals surface area contributed by atoms with E-state index in [1.165, 1.54) is 6.42 Å². The van der Waals surface area contributed by atoms with E-state index in [-0.39, 0.29) is 31.0 Å². The van der Waals surface area contributed by atoms with Gasteiger partial charge in [0, 0.05) is 12.0 Å². The number of hydrogen-bond donors (Lipinski definition) is 1. The maximum atomic E-state index is 11.7. The van der Waals surface area contributed by atoms with E-state index in [4.69, 9.17) is 9.47 Å². The minimum absolute atomic E-state index is 0.0223. The standard InChI is InChI=1S/C17H23O5/c1-3-13(11-21-16(19)4-2)12-22-17(20)10-7-14-5-8-15(18)9-6-14/h4-6,8-10,13-15,18H,2-3,7,11-12H2,1H3. The van der Waals surface area contributed by atoms with Crippen molar-refractivity contribution in [1.82, 2.24) is 0 Å². The van der Waals surface area contributed by atoms with Crippen LogP contribution in [0.2, 0.25) is 0 Å². The van der Waals surface area contributed by atoms with Gasteiger partial charge >= 0.3 is 11.9 Å². The topological polar surface area (TPSA) is 72.8 Å². The molecule has 0 fully saturated rings. The molecular weight excluding hydrogens is 284 g/mol. The normalized spacial score (nSPS) is 21.2. The van der Waals surface area contributed by atoms with Crippen LogP contribution in [0.15, 0.2) is 37.0 Å².